The van der Waals surface area contributed by atoms with Gasteiger partial charge in [-0.15, -0.1) is 0 Å². The van der Waals surface area contributed by atoms with Crippen LogP contribution in [-0.4, -0.2) is 5.78 Å². The third-order valence-electron chi connectivity index (χ3n) is 2.50. The Morgan fingerprint density at radius 2 is 1.60 bits per heavy atom. The summed E-state index contributed by atoms with van der Waals surface area (Å²) in [6, 6.07) is 4.98. The van der Waals surface area contributed by atoms with E-state index in [1.807, 2.05) is 13.8 Å². The normalized spacial score (nSPS) is 10.7. The summed E-state index contributed by atoms with van der Waals surface area (Å²) in [5.74, 6) is 0.198. The third kappa shape index (κ3) is 3.22. The highest BCUT2D eigenvalue weighted by molar-refractivity contribution is 6.35. The van der Waals surface area contributed by atoms with Gasteiger partial charge < -0.3 is 0 Å². The predicted octanol–water partition coefficient (Wildman–Crippen LogP) is 4.61. The van der Waals surface area contributed by atoms with Crippen molar-refractivity contribution in [3.05, 3.63) is 33.8 Å². The van der Waals surface area contributed by atoms with Crippen molar-refractivity contribution < 1.29 is 4.79 Å². The minimum absolute atomic E-state index is 0.0690. The Morgan fingerprint density at radius 1 is 1.13 bits per heavy atom. The fourth-order valence-electron chi connectivity index (χ4n) is 1.59. The Kier molecular flexibility index (Phi) is 4.62. The smallest absolute Gasteiger partial charge is 0.166 e. The van der Waals surface area contributed by atoms with Gasteiger partial charge in [0.15, 0.2) is 5.78 Å². The van der Waals surface area contributed by atoms with E-state index in [4.69, 9.17) is 23.2 Å². The molecule has 0 aliphatic heterocycles. The van der Waals surface area contributed by atoms with E-state index in [1.54, 1.807) is 18.2 Å². The molecule has 0 amide bonds. The molecule has 0 heterocycles. The van der Waals surface area contributed by atoms with Gasteiger partial charge in [-0.3, -0.25) is 4.79 Å². The van der Waals surface area contributed by atoms with Crippen LogP contribution in [0.3, 0.4) is 0 Å². The predicted molar refractivity (Wildman–Crippen MR) is 64.9 cm³/mol. The van der Waals surface area contributed by atoms with Crippen LogP contribution in [0.1, 0.15) is 37.0 Å². The summed E-state index contributed by atoms with van der Waals surface area (Å²) < 4.78 is 0. The summed E-state index contributed by atoms with van der Waals surface area (Å²) in [5, 5.41) is 1.02. The molecule has 0 aromatic heterocycles. The van der Waals surface area contributed by atoms with Gasteiger partial charge in [-0.2, -0.15) is 0 Å². The molecule has 0 N–H and O–H groups in total. The van der Waals surface area contributed by atoms with E-state index in [0.29, 0.717) is 15.6 Å². The summed E-state index contributed by atoms with van der Waals surface area (Å²) in [6.45, 7) is 4.02. The SMILES string of the molecule is CCC(CC)C(=O)c1cc(Cl)cc(Cl)c1. The van der Waals surface area contributed by atoms with E-state index >= 15 is 0 Å². The van der Waals surface area contributed by atoms with Crippen molar-refractivity contribution in [3.8, 4) is 0 Å². The summed E-state index contributed by atoms with van der Waals surface area (Å²) >= 11 is 11.7. The first-order chi connectivity index (χ1) is 7.08. The number of rotatable bonds is 4. The number of carbonyl (C=O) groups excluding carboxylic acids is 1. The highest BCUT2D eigenvalue weighted by Crippen LogP contribution is 2.23. The summed E-state index contributed by atoms with van der Waals surface area (Å²) in [6.07, 6.45) is 1.69. The zero-order valence-electron chi connectivity index (χ0n) is 8.89. The van der Waals surface area contributed by atoms with Gasteiger partial charge in [-0.05, 0) is 31.0 Å². The van der Waals surface area contributed by atoms with Crippen molar-refractivity contribution in [1.82, 2.24) is 0 Å². The molecule has 0 bridgehead atoms. The second kappa shape index (κ2) is 5.53. The molecule has 0 saturated heterocycles. The number of ketones is 1. The lowest BCUT2D eigenvalue weighted by Gasteiger charge is -2.11. The van der Waals surface area contributed by atoms with Gasteiger partial charge >= 0.3 is 0 Å². The quantitative estimate of drug-likeness (QED) is 0.708. The van der Waals surface area contributed by atoms with Crippen LogP contribution < -0.4 is 0 Å². The van der Waals surface area contributed by atoms with Crippen LogP contribution in [-0.2, 0) is 0 Å². The van der Waals surface area contributed by atoms with Crippen molar-refractivity contribution >= 4 is 29.0 Å². The summed E-state index contributed by atoms with van der Waals surface area (Å²) in [5.41, 5.74) is 0.612. The molecule has 0 saturated carbocycles. The second-order valence-electron chi connectivity index (χ2n) is 3.54. The van der Waals surface area contributed by atoms with Crippen LogP contribution in [0.25, 0.3) is 0 Å². The molecule has 15 heavy (non-hydrogen) atoms. The molecule has 0 spiro atoms. The molecule has 1 aromatic carbocycles. The zero-order chi connectivity index (χ0) is 11.4. The molecule has 0 aliphatic rings. The Labute approximate surface area is 100 Å². The summed E-state index contributed by atoms with van der Waals surface area (Å²) in [7, 11) is 0. The van der Waals surface area contributed by atoms with Gasteiger partial charge in [-0.1, -0.05) is 37.0 Å². The molecular formula is C12H14Cl2O. The Morgan fingerprint density at radius 3 is 2.00 bits per heavy atom. The van der Waals surface area contributed by atoms with Crippen molar-refractivity contribution in [2.45, 2.75) is 26.7 Å². The highest BCUT2D eigenvalue weighted by Gasteiger charge is 2.16. The number of hydrogen-bond acceptors (Lipinski definition) is 1. The summed E-state index contributed by atoms with van der Waals surface area (Å²) in [4.78, 5) is 12.0. The standard InChI is InChI=1S/C12H14Cl2O/c1-3-8(4-2)12(15)9-5-10(13)7-11(14)6-9/h5-8H,3-4H2,1-2H3. The highest BCUT2D eigenvalue weighted by atomic mass is 35.5. The molecule has 0 aliphatic carbocycles. The van der Waals surface area contributed by atoms with Crippen LogP contribution in [0, 0.1) is 5.92 Å². The van der Waals surface area contributed by atoms with Gasteiger partial charge in [0.05, 0.1) is 0 Å². The zero-order valence-corrected chi connectivity index (χ0v) is 10.4. The van der Waals surface area contributed by atoms with Gasteiger partial charge in [0.1, 0.15) is 0 Å². The van der Waals surface area contributed by atoms with Crippen molar-refractivity contribution in [3.63, 3.8) is 0 Å². The first-order valence-corrected chi connectivity index (χ1v) is 5.84. The number of halogens is 2. The molecule has 3 heteroatoms. The molecular weight excluding hydrogens is 231 g/mol. The average Bonchev–Trinajstić information content (AvgIpc) is 2.18. The van der Waals surface area contributed by atoms with Gasteiger partial charge in [-0.25, -0.2) is 0 Å². The van der Waals surface area contributed by atoms with E-state index in [2.05, 4.69) is 0 Å². The molecule has 0 radical (unpaired) electrons. The number of benzene rings is 1. The van der Waals surface area contributed by atoms with Crippen LogP contribution in [0.4, 0.5) is 0 Å². The molecule has 1 aromatic rings. The largest absolute Gasteiger partial charge is 0.294 e. The minimum atomic E-state index is 0.0690. The van der Waals surface area contributed by atoms with Crippen LogP contribution in [0.5, 0.6) is 0 Å². The molecule has 0 atom stereocenters. The van der Waals surface area contributed by atoms with Crippen LogP contribution >= 0.6 is 23.2 Å². The van der Waals surface area contributed by atoms with Crippen molar-refractivity contribution in [1.29, 1.82) is 0 Å². The Balaban J connectivity index is 3.00. The monoisotopic (exact) mass is 244 g/mol. The number of hydrogen-bond donors (Lipinski definition) is 0. The number of carbonyl (C=O) groups is 1. The van der Waals surface area contributed by atoms with Gasteiger partial charge in [0.25, 0.3) is 0 Å². The van der Waals surface area contributed by atoms with Gasteiger partial charge in [0.2, 0.25) is 0 Å². The van der Waals surface area contributed by atoms with E-state index in [9.17, 15) is 4.79 Å². The fourth-order valence-corrected chi connectivity index (χ4v) is 2.12. The first-order valence-electron chi connectivity index (χ1n) is 5.08. The number of Topliss-reactive ketones (excluding diaryl/α,β-unsaturated/α-hetero) is 1. The topological polar surface area (TPSA) is 17.1 Å². The first kappa shape index (κ1) is 12.5. The van der Waals surface area contributed by atoms with E-state index in [1.165, 1.54) is 0 Å². The maximum absolute atomic E-state index is 12.0. The van der Waals surface area contributed by atoms with Crippen molar-refractivity contribution in [2.75, 3.05) is 0 Å². The molecule has 1 nitrogen and oxygen atoms in total. The Bertz CT molecular complexity index is 336. The maximum atomic E-state index is 12.0. The third-order valence-corrected chi connectivity index (χ3v) is 2.94. The molecule has 82 valence electrons. The van der Waals surface area contributed by atoms with E-state index in [-0.39, 0.29) is 11.7 Å². The minimum Gasteiger partial charge on any atom is -0.294 e. The molecule has 1 rings (SSSR count). The maximum Gasteiger partial charge on any atom is 0.166 e. The van der Waals surface area contributed by atoms with Gasteiger partial charge in [0, 0.05) is 21.5 Å². The fraction of sp³-hybridized carbons (Fsp3) is 0.417. The lowest BCUT2D eigenvalue weighted by molar-refractivity contribution is 0.0913. The van der Waals surface area contributed by atoms with Crippen molar-refractivity contribution in [2.24, 2.45) is 5.92 Å². The van der Waals surface area contributed by atoms with Crippen LogP contribution in [0.2, 0.25) is 10.0 Å². The van der Waals surface area contributed by atoms with E-state index in [0.717, 1.165) is 12.8 Å². The lowest BCUT2D eigenvalue weighted by Crippen LogP contribution is -2.12. The van der Waals surface area contributed by atoms with E-state index < -0.39 is 0 Å². The molecule has 0 fully saturated rings. The second-order valence-corrected chi connectivity index (χ2v) is 4.41. The van der Waals surface area contributed by atoms with Crippen LogP contribution in [0.15, 0.2) is 18.2 Å². The molecule has 0 unspecified atom stereocenters. The Hall–Kier alpha value is -0.530. The lowest BCUT2D eigenvalue weighted by atomic mass is 9.93. The average molecular weight is 245 g/mol.